The molecule has 0 radical (unpaired) electrons. The molecule has 0 spiro atoms. The van der Waals surface area contributed by atoms with Crippen LogP contribution in [0.4, 0.5) is 26.3 Å². The predicted octanol–water partition coefficient (Wildman–Crippen LogP) is 2.40. The van der Waals surface area contributed by atoms with Crippen molar-refractivity contribution in [3.8, 4) is 5.88 Å². The van der Waals surface area contributed by atoms with Crippen LogP contribution < -0.4 is 5.69 Å². The van der Waals surface area contributed by atoms with Gasteiger partial charge in [0.1, 0.15) is 0 Å². The van der Waals surface area contributed by atoms with Crippen LogP contribution in [0.5, 0.6) is 5.88 Å². The lowest BCUT2D eigenvalue weighted by molar-refractivity contribution is -0.163. The zero-order chi connectivity index (χ0) is 14.1. The summed E-state index contributed by atoms with van der Waals surface area (Å²) < 4.78 is 72.9. The van der Waals surface area contributed by atoms with Gasteiger partial charge >= 0.3 is 18.0 Å². The molecule has 1 rings (SSSR count). The molecule has 1 aromatic heterocycles. The molecule has 3 N–H and O–H groups in total. The Balaban J connectivity index is 3.04. The molecule has 0 aromatic carbocycles. The van der Waals surface area contributed by atoms with Crippen molar-refractivity contribution in [1.29, 1.82) is 0 Å². The highest BCUT2D eigenvalue weighted by molar-refractivity contribution is 5.21. The number of alkyl halides is 6. The fraction of sp³-hybridized carbons (Fsp3) is 0.625. The molecule has 0 amide bonds. The second-order valence-corrected chi connectivity index (χ2v) is 3.68. The normalized spacial score (nSPS) is 13.3. The molecule has 0 saturated heterocycles. The Labute approximate surface area is 95.6 Å². The van der Waals surface area contributed by atoms with E-state index in [9.17, 15) is 31.1 Å². The van der Waals surface area contributed by atoms with Crippen molar-refractivity contribution in [2.24, 2.45) is 0 Å². The Bertz CT molecular complexity index is 441. The number of halogens is 6. The summed E-state index contributed by atoms with van der Waals surface area (Å²) in [6.07, 6.45) is -13.3. The average molecular weight is 278 g/mol. The summed E-state index contributed by atoms with van der Waals surface area (Å²) in [6, 6.07) is 0. The number of H-pyrrole nitrogens is 2. The quantitative estimate of drug-likeness (QED) is 0.743. The Morgan fingerprint density at radius 3 is 1.72 bits per heavy atom. The van der Waals surface area contributed by atoms with Crippen molar-refractivity contribution in [2.45, 2.75) is 31.1 Å². The third-order valence-electron chi connectivity index (χ3n) is 2.10. The maximum Gasteiger partial charge on any atom is 0.389 e. The first-order valence-corrected chi connectivity index (χ1v) is 4.62. The summed E-state index contributed by atoms with van der Waals surface area (Å²) in [5, 5.41) is 9.07. The Morgan fingerprint density at radius 1 is 1.00 bits per heavy atom. The van der Waals surface area contributed by atoms with E-state index in [0.29, 0.717) is 0 Å². The minimum absolute atomic E-state index is 0.797. The standard InChI is InChI=1S/C8H8F6N2O2/c9-7(10,11)1-3(2-8(12,13)14)4-5(17)16-6(18)15-4/h3,17H,1-2H2,(H2,15,16,18). The lowest BCUT2D eigenvalue weighted by Crippen LogP contribution is -2.21. The number of aromatic amines is 2. The SMILES string of the molecule is O=c1[nH]c(O)c(C(CC(F)(F)F)CC(F)(F)F)[nH]1. The highest BCUT2D eigenvalue weighted by Gasteiger charge is 2.41. The molecule has 0 saturated carbocycles. The Morgan fingerprint density at radius 2 is 1.44 bits per heavy atom. The molecule has 4 nitrogen and oxygen atoms in total. The fourth-order valence-electron chi connectivity index (χ4n) is 1.52. The number of rotatable bonds is 3. The zero-order valence-corrected chi connectivity index (χ0v) is 8.61. The van der Waals surface area contributed by atoms with Crippen LogP contribution in [0.1, 0.15) is 24.5 Å². The first kappa shape index (κ1) is 14.5. The lowest BCUT2D eigenvalue weighted by atomic mass is 9.97. The van der Waals surface area contributed by atoms with Crippen molar-refractivity contribution >= 4 is 0 Å². The zero-order valence-electron chi connectivity index (χ0n) is 8.61. The van der Waals surface area contributed by atoms with Crippen LogP contribution in [-0.4, -0.2) is 27.4 Å². The van der Waals surface area contributed by atoms with E-state index in [4.69, 9.17) is 5.11 Å². The molecular weight excluding hydrogens is 270 g/mol. The van der Waals surface area contributed by atoms with Gasteiger partial charge in [0.15, 0.2) is 0 Å². The monoisotopic (exact) mass is 278 g/mol. The second-order valence-electron chi connectivity index (χ2n) is 3.68. The minimum atomic E-state index is -4.85. The van der Waals surface area contributed by atoms with Gasteiger partial charge in [0.05, 0.1) is 18.5 Å². The average Bonchev–Trinajstić information content (AvgIpc) is 2.38. The summed E-state index contributed by atoms with van der Waals surface area (Å²) in [6.45, 7) is 0. The number of nitrogens with one attached hydrogen (secondary N) is 2. The minimum Gasteiger partial charge on any atom is -0.493 e. The van der Waals surface area contributed by atoms with Crippen LogP contribution in [0.2, 0.25) is 0 Å². The van der Waals surface area contributed by atoms with Crippen LogP contribution >= 0.6 is 0 Å². The van der Waals surface area contributed by atoms with Crippen molar-refractivity contribution in [3.63, 3.8) is 0 Å². The Hall–Kier alpha value is -1.61. The van der Waals surface area contributed by atoms with E-state index >= 15 is 0 Å². The van der Waals surface area contributed by atoms with Gasteiger partial charge in [-0.05, 0) is 0 Å². The predicted molar refractivity (Wildman–Crippen MR) is 47.2 cm³/mol. The van der Waals surface area contributed by atoms with E-state index in [-0.39, 0.29) is 0 Å². The maximum absolute atomic E-state index is 12.2. The van der Waals surface area contributed by atoms with Crippen LogP contribution in [0.25, 0.3) is 0 Å². The van der Waals surface area contributed by atoms with Crippen LogP contribution in [0.3, 0.4) is 0 Å². The van der Waals surface area contributed by atoms with Crippen LogP contribution in [0, 0.1) is 0 Å². The van der Waals surface area contributed by atoms with E-state index in [2.05, 4.69) is 0 Å². The molecule has 104 valence electrons. The van der Waals surface area contributed by atoms with Gasteiger partial charge in [-0.15, -0.1) is 0 Å². The van der Waals surface area contributed by atoms with Gasteiger partial charge in [0, 0.05) is 5.92 Å². The molecule has 0 unspecified atom stereocenters. The molecule has 1 aromatic rings. The molecule has 0 bridgehead atoms. The van der Waals surface area contributed by atoms with Crippen LogP contribution in [-0.2, 0) is 0 Å². The van der Waals surface area contributed by atoms with Crippen LogP contribution in [0.15, 0.2) is 4.79 Å². The number of aromatic hydroxyl groups is 1. The highest BCUT2D eigenvalue weighted by atomic mass is 19.4. The molecule has 10 heteroatoms. The van der Waals surface area contributed by atoms with Gasteiger partial charge < -0.3 is 10.1 Å². The van der Waals surface area contributed by atoms with Gasteiger partial charge in [0.2, 0.25) is 5.88 Å². The second kappa shape index (κ2) is 4.58. The van der Waals surface area contributed by atoms with Gasteiger partial charge in [-0.1, -0.05) is 0 Å². The maximum atomic E-state index is 12.2. The summed E-state index contributed by atoms with van der Waals surface area (Å²) in [5.74, 6) is -3.11. The molecular formula is C8H8F6N2O2. The summed E-state index contributed by atoms with van der Waals surface area (Å²) in [7, 11) is 0. The first-order valence-electron chi connectivity index (χ1n) is 4.62. The molecule has 0 aliphatic carbocycles. The topological polar surface area (TPSA) is 68.9 Å². The van der Waals surface area contributed by atoms with Gasteiger partial charge in [-0.3, -0.25) is 4.98 Å². The van der Waals surface area contributed by atoms with Crippen molar-refractivity contribution in [1.82, 2.24) is 9.97 Å². The van der Waals surface area contributed by atoms with E-state index in [1.54, 1.807) is 9.97 Å². The van der Waals surface area contributed by atoms with Crippen molar-refractivity contribution in [3.05, 3.63) is 16.2 Å². The molecule has 18 heavy (non-hydrogen) atoms. The van der Waals surface area contributed by atoms with E-state index in [1.165, 1.54) is 0 Å². The highest BCUT2D eigenvalue weighted by Crippen LogP contribution is 2.39. The fourth-order valence-corrected chi connectivity index (χ4v) is 1.52. The number of hydrogen-bond acceptors (Lipinski definition) is 2. The largest absolute Gasteiger partial charge is 0.493 e. The smallest absolute Gasteiger partial charge is 0.389 e. The number of aromatic nitrogens is 2. The molecule has 1 heterocycles. The Kier molecular flexibility index (Phi) is 3.67. The number of hydrogen-bond donors (Lipinski definition) is 3. The van der Waals surface area contributed by atoms with Gasteiger partial charge in [-0.25, -0.2) is 4.79 Å². The molecule has 0 fully saturated rings. The first-order chi connectivity index (χ1) is 7.98. The molecule has 0 atom stereocenters. The molecule has 0 aliphatic heterocycles. The number of imidazole rings is 1. The van der Waals surface area contributed by atoms with E-state index in [0.717, 1.165) is 0 Å². The molecule has 0 aliphatic rings. The van der Waals surface area contributed by atoms with Gasteiger partial charge in [0.25, 0.3) is 0 Å². The van der Waals surface area contributed by atoms with E-state index < -0.39 is 48.4 Å². The summed E-state index contributed by atoms with van der Waals surface area (Å²) in [4.78, 5) is 14.1. The van der Waals surface area contributed by atoms with Gasteiger partial charge in [-0.2, -0.15) is 26.3 Å². The van der Waals surface area contributed by atoms with Crippen molar-refractivity contribution in [2.75, 3.05) is 0 Å². The van der Waals surface area contributed by atoms with Crippen molar-refractivity contribution < 1.29 is 31.4 Å². The third-order valence-corrected chi connectivity index (χ3v) is 2.10. The summed E-state index contributed by atoms with van der Waals surface area (Å²) in [5.41, 5.74) is -1.87. The third kappa shape index (κ3) is 4.34. The lowest BCUT2D eigenvalue weighted by Gasteiger charge is -2.19. The van der Waals surface area contributed by atoms with E-state index in [1.807, 2.05) is 0 Å². The summed E-state index contributed by atoms with van der Waals surface area (Å²) >= 11 is 0.